The van der Waals surface area contributed by atoms with Crippen molar-refractivity contribution in [3.63, 3.8) is 0 Å². The minimum absolute atomic E-state index is 0.0425. The SMILES string of the molecule is CC(C)(Oc1ccc(NC(=O)c2ccc(Cl)cc2)cc1)C(=O)NC(CS)C(=O)O. The number of benzene rings is 2. The van der Waals surface area contributed by atoms with E-state index in [1.807, 2.05) is 0 Å². The predicted octanol–water partition coefficient (Wildman–Crippen LogP) is 3.25. The first-order chi connectivity index (χ1) is 13.6. The Morgan fingerprint density at radius 3 is 2.21 bits per heavy atom. The highest BCUT2D eigenvalue weighted by Crippen LogP contribution is 2.22. The van der Waals surface area contributed by atoms with Crippen molar-refractivity contribution >= 4 is 47.7 Å². The zero-order chi connectivity index (χ0) is 21.6. The predicted molar refractivity (Wildman–Crippen MR) is 114 cm³/mol. The molecule has 0 spiro atoms. The summed E-state index contributed by atoms with van der Waals surface area (Å²) < 4.78 is 5.69. The summed E-state index contributed by atoms with van der Waals surface area (Å²) in [5, 5.41) is 14.7. The van der Waals surface area contributed by atoms with E-state index in [1.54, 1.807) is 48.5 Å². The van der Waals surface area contributed by atoms with E-state index in [-0.39, 0.29) is 11.7 Å². The van der Waals surface area contributed by atoms with E-state index in [4.69, 9.17) is 21.4 Å². The van der Waals surface area contributed by atoms with Crippen molar-refractivity contribution in [1.82, 2.24) is 5.32 Å². The van der Waals surface area contributed by atoms with Gasteiger partial charge in [0.05, 0.1) is 0 Å². The summed E-state index contributed by atoms with van der Waals surface area (Å²) in [7, 11) is 0. The average Bonchev–Trinajstić information content (AvgIpc) is 2.67. The molecule has 0 aliphatic heterocycles. The van der Waals surface area contributed by atoms with Gasteiger partial charge >= 0.3 is 5.97 Å². The number of rotatable bonds is 8. The largest absolute Gasteiger partial charge is 0.480 e. The van der Waals surface area contributed by atoms with Gasteiger partial charge in [0, 0.05) is 22.0 Å². The second kappa shape index (κ2) is 9.67. The van der Waals surface area contributed by atoms with E-state index in [0.717, 1.165) is 0 Å². The lowest BCUT2D eigenvalue weighted by Crippen LogP contribution is -2.52. The molecule has 0 heterocycles. The molecule has 0 bridgehead atoms. The van der Waals surface area contributed by atoms with Crippen molar-refractivity contribution in [2.45, 2.75) is 25.5 Å². The van der Waals surface area contributed by atoms with Crippen LogP contribution in [0.15, 0.2) is 48.5 Å². The third kappa shape index (κ3) is 6.40. The van der Waals surface area contributed by atoms with Crippen LogP contribution in [0.2, 0.25) is 5.02 Å². The van der Waals surface area contributed by atoms with Crippen LogP contribution in [-0.4, -0.2) is 40.3 Å². The molecular formula is C20H21ClN2O5S. The number of carbonyl (C=O) groups excluding carboxylic acids is 2. The summed E-state index contributed by atoms with van der Waals surface area (Å²) in [5.74, 6) is -1.71. The number of carboxylic acids is 1. The monoisotopic (exact) mass is 436 g/mol. The normalized spacial score (nSPS) is 12.0. The first-order valence-electron chi connectivity index (χ1n) is 8.63. The molecule has 1 unspecified atom stereocenters. The number of halogens is 1. The van der Waals surface area contributed by atoms with Gasteiger partial charge in [-0.25, -0.2) is 4.79 Å². The fourth-order valence-electron chi connectivity index (χ4n) is 2.27. The second-order valence-corrected chi connectivity index (χ2v) is 7.45. The average molecular weight is 437 g/mol. The highest BCUT2D eigenvalue weighted by molar-refractivity contribution is 7.80. The van der Waals surface area contributed by atoms with Crippen molar-refractivity contribution in [3.8, 4) is 5.75 Å². The Labute approximate surface area is 178 Å². The van der Waals surface area contributed by atoms with Gasteiger partial charge in [-0.1, -0.05) is 11.6 Å². The minimum Gasteiger partial charge on any atom is -0.480 e. The minimum atomic E-state index is -1.31. The number of ether oxygens (including phenoxy) is 1. The highest BCUT2D eigenvalue weighted by atomic mass is 35.5. The van der Waals surface area contributed by atoms with E-state index in [9.17, 15) is 14.4 Å². The third-order valence-electron chi connectivity index (χ3n) is 3.92. The maximum Gasteiger partial charge on any atom is 0.327 e. The number of hydrogen-bond acceptors (Lipinski definition) is 5. The first kappa shape index (κ1) is 22.6. The Bertz CT molecular complexity index is 885. The van der Waals surface area contributed by atoms with Gasteiger partial charge in [-0.15, -0.1) is 0 Å². The number of carbonyl (C=O) groups is 3. The van der Waals surface area contributed by atoms with Crippen LogP contribution in [0.25, 0.3) is 0 Å². The van der Waals surface area contributed by atoms with Gasteiger partial charge < -0.3 is 20.5 Å². The zero-order valence-electron chi connectivity index (χ0n) is 15.8. The van der Waals surface area contributed by atoms with E-state index >= 15 is 0 Å². The summed E-state index contributed by atoms with van der Waals surface area (Å²) in [6.07, 6.45) is 0. The Morgan fingerprint density at radius 1 is 1.10 bits per heavy atom. The number of anilines is 1. The quantitative estimate of drug-likeness (QED) is 0.475. The Morgan fingerprint density at radius 2 is 1.69 bits per heavy atom. The van der Waals surface area contributed by atoms with Crippen molar-refractivity contribution in [1.29, 1.82) is 0 Å². The molecule has 0 aliphatic carbocycles. The van der Waals surface area contributed by atoms with Crippen molar-refractivity contribution in [2.75, 3.05) is 11.1 Å². The van der Waals surface area contributed by atoms with Gasteiger partial charge in [-0.05, 0) is 62.4 Å². The molecule has 2 aromatic carbocycles. The van der Waals surface area contributed by atoms with Gasteiger partial charge in [0.2, 0.25) is 0 Å². The van der Waals surface area contributed by atoms with Crippen LogP contribution in [-0.2, 0) is 9.59 Å². The topological polar surface area (TPSA) is 105 Å². The van der Waals surface area contributed by atoms with E-state index in [0.29, 0.717) is 22.0 Å². The van der Waals surface area contributed by atoms with Crippen LogP contribution in [0, 0.1) is 0 Å². The Kier molecular flexibility index (Phi) is 7.53. The van der Waals surface area contributed by atoms with Gasteiger partial charge in [0.1, 0.15) is 11.8 Å². The molecule has 0 radical (unpaired) electrons. The van der Waals surface area contributed by atoms with Crippen LogP contribution < -0.4 is 15.4 Å². The fraction of sp³-hybridized carbons (Fsp3) is 0.250. The highest BCUT2D eigenvalue weighted by Gasteiger charge is 2.33. The Balaban J connectivity index is 2.00. The maximum absolute atomic E-state index is 12.3. The molecular weight excluding hydrogens is 416 g/mol. The lowest BCUT2D eigenvalue weighted by molar-refractivity contribution is -0.144. The number of amides is 2. The number of carboxylic acid groups (broad SMARTS) is 1. The van der Waals surface area contributed by atoms with E-state index in [2.05, 4.69) is 23.3 Å². The summed E-state index contributed by atoms with van der Waals surface area (Å²) in [4.78, 5) is 35.6. The lowest BCUT2D eigenvalue weighted by atomic mass is 10.1. The molecule has 0 aromatic heterocycles. The third-order valence-corrected chi connectivity index (χ3v) is 4.54. The molecule has 0 saturated heterocycles. The van der Waals surface area contributed by atoms with Crippen LogP contribution in [0.1, 0.15) is 24.2 Å². The number of aliphatic carboxylic acids is 1. The fourth-order valence-corrected chi connectivity index (χ4v) is 2.64. The van der Waals surface area contributed by atoms with Crippen molar-refractivity contribution in [2.24, 2.45) is 0 Å². The summed E-state index contributed by atoms with van der Waals surface area (Å²) in [6, 6.07) is 11.8. The van der Waals surface area contributed by atoms with Crippen molar-refractivity contribution in [3.05, 3.63) is 59.1 Å². The zero-order valence-corrected chi connectivity index (χ0v) is 17.5. The standard InChI is InChI=1S/C20H21ClN2O5S/c1-20(2,19(27)23-16(11-29)18(25)26)28-15-9-7-14(8-10-15)22-17(24)12-3-5-13(21)6-4-12/h3-10,16,29H,11H2,1-2H3,(H,22,24)(H,23,27)(H,25,26). The summed E-state index contributed by atoms with van der Waals surface area (Å²) in [6.45, 7) is 3.05. The molecule has 2 aromatic rings. The molecule has 0 saturated carbocycles. The lowest BCUT2D eigenvalue weighted by Gasteiger charge is -2.27. The molecule has 29 heavy (non-hydrogen) atoms. The smallest absolute Gasteiger partial charge is 0.327 e. The molecule has 2 rings (SSSR count). The van der Waals surface area contributed by atoms with Crippen molar-refractivity contribution < 1.29 is 24.2 Å². The number of nitrogens with one attached hydrogen (secondary N) is 2. The second-order valence-electron chi connectivity index (χ2n) is 6.64. The molecule has 3 N–H and O–H groups in total. The molecule has 2 amide bonds. The van der Waals surface area contributed by atoms with Gasteiger partial charge in [0.15, 0.2) is 5.60 Å². The molecule has 9 heteroatoms. The van der Waals surface area contributed by atoms with Crippen LogP contribution in [0.3, 0.4) is 0 Å². The van der Waals surface area contributed by atoms with Crippen LogP contribution in [0.4, 0.5) is 5.69 Å². The van der Waals surface area contributed by atoms with E-state index in [1.165, 1.54) is 13.8 Å². The molecule has 7 nitrogen and oxygen atoms in total. The molecule has 0 fully saturated rings. The van der Waals surface area contributed by atoms with Gasteiger partial charge in [-0.3, -0.25) is 9.59 Å². The first-order valence-corrected chi connectivity index (χ1v) is 9.64. The molecule has 1 atom stereocenters. The summed E-state index contributed by atoms with van der Waals surface area (Å²) in [5.41, 5.74) is -0.310. The number of hydrogen-bond donors (Lipinski definition) is 4. The van der Waals surface area contributed by atoms with Crippen LogP contribution in [0.5, 0.6) is 5.75 Å². The van der Waals surface area contributed by atoms with E-state index < -0.39 is 23.5 Å². The van der Waals surface area contributed by atoms with Crippen LogP contribution >= 0.6 is 24.2 Å². The van der Waals surface area contributed by atoms with Gasteiger partial charge in [-0.2, -0.15) is 12.6 Å². The molecule has 0 aliphatic rings. The van der Waals surface area contributed by atoms with Gasteiger partial charge in [0.25, 0.3) is 11.8 Å². The summed E-state index contributed by atoms with van der Waals surface area (Å²) >= 11 is 9.73. The number of thiol groups is 1. The maximum atomic E-state index is 12.3. The molecule has 154 valence electrons. The Hall–Kier alpha value is -2.71.